The van der Waals surface area contributed by atoms with Crippen LogP contribution in [0, 0.1) is 20.8 Å². The molecular weight excluding hydrogens is 352 g/mol. The number of amides is 1. The van der Waals surface area contributed by atoms with Crippen LogP contribution in [-0.4, -0.2) is 12.7 Å². The Morgan fingerprint density at radius 2 is 1.78 bits per heavy atom. The van der Waals surface area contributed by atoms with E-state index in [4.69, 9.17) is 4.74 Å². The molecule has 0 unspecified atom stereocenters. The van der Waals surface area contributed by atoms with Crippen molar-refractivity contribution in [2.45, 2.75) is 53.8 Å². The van der Waals surface area contributed by atoms with Crippen molar-refractivity contribution in [3.63, 3.8) is 0 Å². The maximum absolute atomic E-state index is 12.3. The predicted molar refractivity (Wildman–Crippen MR) is 102 cm³/mol. The third kappa shape index (κ3) is 5.67. The molecule has 0 saturated heterocycles. The highest BCUT2D eigenvalue weighted by atomic mass is 19.3. The third-order valence-corrected chi connectivity index (χ3v) is 4.24. The number of anilines is 1. The maximum Gasteiger partial charge on any atom is 0.416 e. The zero-order valence-corrected chi connectivity index (χ0v) is 16.2. The SMILES string of the molecule is Cc1ccc(OCc2cc(C(C)C)cc(C)c2NC(=O)OC(F)F)c(C)c1. The number of benzene rings is 2. The zero-order chi connectivity index (χ0) is 20.1. The predicted octanol–water partition coefficient (Wildman–Crippen LogP) is 6.09. The number of hydrogen-bond donors (Lipinski definition) is 1. The van der Waals surface area contributed by atoms with Gasteiger partial charge >= 0.3 is 12.7 Å². The first-order chi connectivity index (χ1) is 12.7. The summed E-state index contributed by atoms with van der Waals surface area (Å²) >= 11 is 0. The van der Waals surface area contributed by atoms with Crippen molar-refractivity contribution in [3.05, 3.63) is 58.1 Å². The molecule has 0 aliphatic heterocycles. The minimum Gasteiger partial charge on any atom is -0.489 e. The number of carbonyl (C=O) groups excluding carboxylic acids is 1. The summed E-state index contributed by atoms with van der Waals surface area (Å²) in [6, 6.07) is 9.70. The van der Waals surface area contributed by atoms with Gasteiger partial charge in [0, 0.05) is 5.56 Å². The summed E-state index contributed by atoms with van der Waals surface area (Å²) in [4.78, 5) is 11.7. The Kier molecular flexibility index (Phi) is 6.77. The van der Waals surface area contributed by atoms with Gasteiger partial charge < -0.3 is 9.47 Å². The normalized spacial score (nSPS) is 11.0. The highest BCUT2D eigenvalue weighted by molar-refractivity contribution is 5.87. The molecule has 0 aliphatic rings. The molecule has 0 fully saturated rings. The number of halogens is 2. The van der Waals surface area contributed by atoms with E-state index in [0.717, 1.165) is 28.0 Å². The molecule has 2 aromatic carbocycles. The number of nitrogens with one attached hydrogen (secondary N) is 1. The van der Waals surface area contributed by atoms with Gasteiger partial charge in [-0.3, -0.25) is 5.32 Å². The molecule has 6 heteroatoms. The van der Waals surface area contributed by atoms with Gasteiger partial charge in [0.1, 0.15) is 12.4 Å². The second-order valence-corrected chi connectivity index (χ2v) is 6.88. The van der Waals surface area contributed by atoms with Crippen LogP contribution in [-0.2, 0) is 11.3 Å². The van der Waals surface area contributed by atoms with Crippen LogP contribution in [0.2, 0.25) is 0 Å². The van der Waals surface area contributed by atoms with Crippen molar-refractivity contribution in [2.24, 2.45) is 0 Å². The van der Waals surface area contributed by atoms with E-state index < -0.39 is 12.7 Å². The highest BCUT2D eigenvalue weighted by Crippen LogP contribution is 2.29. The average molecular weight is 377 g/mol. The fraction of sp³-hybridized carbons (Fsp3) is 0.381. The van der Waals surface area contributed by atoms with Gasteiger partial charge in [0.2, 0.25) is 0 Å². The Bertz CT molecular complexity index is 819. The number of hydrogen-bond acceptors (Lipinski definition) is 3. The molecule has 0 atom stereocenters. The van der Waals surface area contributed by atoms with Crippen LogP contribution in [0.1, 0.15) is 47.6 Å². The van der Waals surface area contributed by atoms with Crippen LogP contribution in [0.15, 0.2) is 30.3 Å². The van der Waals surface area contributed by atoms with Crippen LogP contribution in [0.25, 0.3) is 0 Å². The Morgan fingerprint density at radius 3 is 2.37 bits per heavy atom. The van der Waals surface area contributed by atoms with Crippen molar-refractivity contribution in [3.8, 4) is 5.75 Å². The van der Waals surface area contributed by atoms with Crippen molar-refractivity contribution in [2.75, 3.05) is 5.32 Å². The van der Waals surface area contributed by atoms with Crippen molar-refractivity contribution in [1.82, 2.24) is 0 Å². The first-order valence-corrected chi connectivity index (χ1v) is 8.76. The monoisotopic (exact) mass is 377 g/mol. The van der Waals surface area contributed by atoms with Gasteiger partial charge in [-0.05, 0) is 49.4 Å². The summed E-state index contributed by atoms with van der Waals surface area (Å²) in [7, 11) is 0. The third-order valence-electron chi connectivity index (χ3n) is 4.24. The van der Waals surface area contributed by atoms with E-state index in [-0.39, 0.29) is 12.5 Å². The molecule has 2 rings (SSSR count). The van der Waals surface area contributed by atoms with E-state index in [1.54, 1.807) is 0 Å². The molecule has 0 aromatic heterocycles. The second-order valence-electron chi connectivity index (χ2n) is 6.88. The first-order valence-electron chi connectivity index (χ1n) is 8.76. The number of aryl methyl sites for hydroxylation is 3. The summed E-state index contributed by atoms with van der Waals surface area (Å²) in [5.74, 6) is 1.000. The molecular formula is C21H25F2NO3. The van der Waals surface area contributed by atoms with E-state index in [2.05, 4.69) is 23.9 Å². The fourth-order valence-electron chi connectivity index (χ4n) is 2.85. The summed E-state index contributed by atoms with van der Waals surface area (Å²) in [6.07, 6.45) is -1.20. The number of alkyl halides is 2. The Morgan fingerprint density at radius 1 is 1.07 bits per heavy atom. The summed E-state index contributed by atoms with van der Waals surface area (Å²) in [6.45, 7) is 6.90. The van der Waals surface area contributed by atoms with Crippen molar-refractivity contribution in [1.29, 1.82) is 0 Å². The number of carbonyl (C=O) groups is 1. The lowest BCUT2D eigenvalue weighted by molar-refractivity contribution is -0.0766. The lowest BCUT2D eigenvalue weighted by Gasteiger charge is -2.18. The molecule has 0 heterocycles. The molecule has 0 saturated carbocycles. The van der Waals surface area contributed by atoms with Crippen LogP contribution in [0.3, 0.4) is 0 Å². The molecule has 1 N–H and O–H groups in total. The molecule has 4 nitrogen and oxygen atoms in total. The van der Waals surface area contributed by atoms with Crippen LogP contribution < -0.4 is 10.1 Å². The summed E-state index contributed by atoms with van der Waals surface area (Å²) in [5, 5.41) is 2.42. The standard InChI is InChI=1S/C21H25F2NO3/c1-12(2)16-9-15(5)19(24-21(25)27-20(22)23)17(10-16)11-26-18-7-6-13(3)8-14(18)4/h6-10,12,20H,11H2,1-5H3,(H,24,25). The quantitative estimate of drug-likeness (QED) is 0.663. The van der Waals surface area contributed by atoms with Crippen LogP contribution in [0.5, 0.6) is 5.75 Å². The fourth-order valence-corrected chi connectivity index (χ4v) is 2.85. The summed E-state index contributed by atoms with van der Waals surface area (Å²) in [5.41, 5.74) is 5.08. The Hall–Kier alpha value is -2.63. The van der Waals surface area contributed by atoms with E-state index in [9.17, 15) is 13.6 Å². The lowest BCUT2D eigenvalue weighted by Crippen LogP contribution is -2.19. The minimum absolute atomic E-state index is 0.190. The summed E-state index contributed by atoms with van der Waals surface area (Å²) < 4.78 is 34.4. The Labute approximate surface area is 158 Å². The smallest absolute Gasteiger partial charge is 0.416 e. The Balaban J connectivity index is 2.31. The molecule has 146 valence electrons. The van der Waals surface area contributed by atoms with Crippen LogP contribution >= 0.6 is 0 Å². The van der Waals surface area contributed by atoms with Crippen molar-refractivity contribution >= 4 is 11.8 Å². The van der Waals surface area contributed by atoms with Gasteiger partial charge in [-0.25, -0.2) is 4.79 Å². The minimum atomic E-state index is -3.17. The average Bonchev–Trinajstić information content (AvgIpc) is 2.55. The van der Waals surface area contributed by atoms with Gasteiger partial charge in [0.25, 0.3) is 0 Å². The molecule has 1 amide bonds. The van der Waals surface area contributed by atoms with Gasteiger partial charge in [-0.15, -0.1) is 0 Å². The van der Waals surface area contributed by atoms with Crippen LogP contribution in [0.4, 0.5) is 19.3 Å². The topological polar surface area (TPSA) is 47.6 Å². The van der Waals surface area contributed by atoms with Gasteiger partial charge in [-0.1, -0.05) is 43.7 Å². The van der Waals surface area contributed by atoms with Crippen molar-refractivity contribution < 1.29 is 23.0 Å². The zero-order valence-electron chi connectivity index (χ0n) is 16.2. The van der Waals surface area contributed by atoms with Gasteiger partial charge in [0.05, 0.1) is 5.69 Å². The molecule has 0 aliphatic carbocycles. The van der Waals surface area contributed by atoms with Gasteiger partial charge in [-0.2, -0.15) is 8.78 Å². The molecule has 0 radical (unpaired) electrons. The maximum atomic E-state index is 12.3. The van der Waals surface area contributed by atoms with E-state index in [1.807, 2.05) is 51.1 Å². The first kappa shape index (κ1) is 20.7. The molecule has 0 spiro atoms. The second kappa shape index (κ2) is 8.84. The largest absolute Gasteiger partial charge is 0.489 e. The van der Waals surface area contributed by atoms with E-state index >= 15 is 0 Å². The number of ether oxygens (including phenoxy) is 2. The van der Waals surface area contributed by atoms with E-state index in [0.29, 0.717) is 11.3 Å². The van der Waals surface area contributed by atoms with E-state index in [1.165, 1.54) is 0 Å². The highest BCUT2D eigenvalue weighted by Gasteiger charge is 2.17. The number of rotatable bonds is 6. The molecule has 0 bridgehead atoms. The lowest BCUT2D eigenvalue weighted by atomic mass is 9.96. The molecule has 27 heavy (non-hydrogen) atoms. The molecule has 2 aromatic rings. The van der Waals surface area contributed by atoms with Gasteiger partial charge in [0.15, 0.2) is 0 Å².